The molecule has 84 valence electrons. The SMILES string of the molecule is CC(C)CC(=O)N1CC(=O)CC1C(=O)O. The predicted octanol–water partition coefficient (Wildman–Crippen LogP) is 0.287. The van der Waals surface area contributed by atoms with E-state index < -0.39 is 12.0 Å². The van der Waals surface area contributed by atoms with Crippen molar-refractivity contribution in [2.45, 2.75) is 32.7 Å². The highest BCUT2D eigenvalue weighted by molar-refractivity contribution is 5.96. The summed E-state index contributed by atoms with van der Waals surface area (Å²) in [6.07, 6.45) is 0.232. The molecular formula is C10H15NO4. The highest BCUT2D eigenvalue weighted by Crippen LogP contribution is 2.17. The fourth-order valence-corrected chi connectivity index (χ4v) is 1.64. The van der Waals surface area contributed by atoms with Crippen LogP contribution in [0.5, 0.6) is 0 Å². The standard InChI is InChI=1S/C10H15NO4/c1-6(2)3-9(13)11-5-7(12)4-8(11)10(14)15/h6,8H,3-5H2,1-2H3,(H,14,15). The van der Waals surface area contributed by atoms with E-state index in [0.29, 0.717) is 0 Å². The van der Waals surface area contributed by atoms with Crippen LogP contribution in [0.25, 0.3) is 0 Å². The Balaban J connectivity index is 2.70. The van der Waals surface area contributed by atoms with Crippen molar-refractivity contribution >= 4 is 17.7 Å². The van der Waals surface area contributed by atoms with Crippen LogP contribution >= 0.6 is 0 Å². The van der Waals surface area contributed by atoms with Gasteiger partial charge in [-0.25, -0.2) is 4.79 Å². The molecule has 0 aromatic heterocycles. The van der Waals surface area contributed by atoms with Crippen molar-refractivity contribution in [1.29, 1.82) is 0 Å². The van der Waals surface area contributed by atoms with Crippen molar-refractivity contribution in [2.24, 2.45) is 5.92 Å². The molecule has 15 heavy (non-hydrogen) atoms. The number of Topliss-reactive ketones (excluding diaryl/α,β-unsaturated/α-hetero) is 1. The van der Waals surface area contributed by atoms with Gasteiger partial charge in [-0.15, -0.1) is 0 Å². The van der Waals surface area contributed by atoms with Gasteiger partial charge in [-0.1, -0.05) is 13.8 Å². The van der Waals surface area contributed by atoms with Gasteiger partial charge in [0.05, 0.1) is 6.54 Å². The number of carbonyl (C=O) groups is 3. The van der Waals surface area contributed by atoms with Crippen LogP contribution in [0.1, 0.15) is 26.7 Å². The number of ketones is 1. The number of likely N-dealkylation sites (tertiary alicyclic amines) is 1. The number of carbonyl (C=O) groups excluding carboxylic acids is 2. The van der Waals surface area contributed by atoms with Gasteiger partial charge in [0.15, 0.2) is 5.78 Å². The van der Waals surface area contributed by atoms with Crippen LogP contribution in [0.3, 0.4) is 0 Å². The number of nitrogens with zero attached hydrogens (tertiary/aromatic N) is 1. The maximum absolute atomic E-state index is 11.6. The molecule has 1 fully saturated rings. The van der Waals surface area contributed by atoms with E-state index in [0.717, 1.165) is 0 Å². The van der Waals surface area contributed by atoms with E-state index in [9.17, 15) is 14.4 Å². The van der Waals surface area contributed by atoms with E-state index in [1.807, 2.05) is 13.8 Å². The highest BCUT2D eigenvalue weighted by atomic mass is 16.4. The summed E-state index contributed by atoms with van der Waals surface area (Å²) in [7, 11) is 0. The number of hydrogen-bond acceptors (Lipinski definition) is 3. The van der Waals surface area contributed by atoms with Crippen molar-refractivity contribution in [3.05, 3.63) is 0 Å². The first-order valence-corrected chi connectivity index (χ1v) is 4.95. The number of carboxylic acids is 1. The molecule has 1 amide bonds. The number of rotatable bonds is 3. The average molecular weight is 213 g/mol. The molecule has 1 heterocycles. The lowest BCUT2D eigenvalue weighted by atomic mass is 10.1. The van der Waals surface area contributed by atoms with Crippen molar-refractivity contribution in [3.63, 3.8) is 0 Å². The van der Waals surface area contributed by atoms with E-state index in [1.54, 1.807) is 0 Å². The van der Waals surface area contributed by atoms with Crippen molar-refractivity contribution in [3.8, 4) is 0 Å². The Morgan fingerprint density at radius 1 is 1.53 bits per heavy atom. The second kappa shape index (κ2) is 4.42. The summed E-state index contributed by atoms with van der Waals surface area (Å²) in [5.41, 5.74) is 0. The van der Waals surface area contributed by atoms with Crippen LogP contribution < -0.4 is 0 Å². The van der Waals surface area contributed by atoms with Crippen molar-refractivity contribution in [2.75, 3.05) is 6.54 Å². The van der Waals surface area contributed by atoms with Crippen LogP contribution in [0, 0.1) is 5.92 Å². The minimum atomic E-state index is -1.10. The van der Waals surface area contributed by atoms with Gasteiger partial charge < -0.3 is 10.0 Å². The molecule has 5 heteroatoms. The minimum Gasteiger partial charge on any atom is -0.480 e. The van der Waals surface area contributed by atoms with Crippen LogP contribution in [-0.2, 0) is 14.4 Å². The molecule has 1 aliphatic heterocycles. The van der Waals surface area contributed by atoms with E-state index in [4.69, 9.17) is 5.11 Å². The van der Waals surface area contributed by atoms with E-state index in [2.05, 4.69) is 0 Å². The molecule has 0 aromatic carbocycles. The minimum absolute atomic E-state index is 0.0531. The number of carboxylic acid groups (broad SMARTS) is 1. The fraction of sp³-hybridized carbons (Fsp3) is 0.700. The Kier molecular flexibility index (Phi) is 3.44. The van der Waals surface area contributed by atoms with Gasteiger partial charge in [0, 0.05) is 12.8 Å². The molecule has 0 aliphatic carbocycles. The van der Waals surface area contributed by atoms with E-state index >= 15 is 0 Å². The van der Waals surface area contributed by atoms with E-state index in [1.165, 1.54) is 4.90 Å². The van der Waals surface area contributed by atoms with Crippen molar-refractivity contribution in [1.82, 2.24) is 4.90 Å². The smallest absolute Gasteiger partial charge is 0.326 e. The molecule has 1 N–H and O–H groups in total. The van der Waals surface area contributed by atoms with Crippen LogP contribution in [0.2, 0.25) is 0 Å². The second-order valence-corrected chi connectivity index (χ2v) is 4.22. The molecule has 0 aromatic rings. The van der Waals surface area contributed by atoms with Gasteiger partial charge in [0.1, 0.15) is 6.04 Å². The molecule has 0 saturated carbocycles. The Hall–Kier alpha value is -1.39. The Morgan fingerprint density at radius 2 is 2.13 bits per heavy atom. The second-order valence-electron chi connectivity index (χ2n) is 4.22. The Morgan fingerprint density at radius 3 is 2.60 bits per heavy atom. The summed E-state index contributed by atoms with van der Waals surface area (Å²) in [5, 5.41) is 8.84. The Bertz CT molecular complexity index is 298. The monoisotopic (exact) mass is 213 g/mol. The zero-order chi connectivity index (χ0) is 11.6. The molecular weight excluding hydrogens is 198 g/mol. The first-order valence-electron chi connectivity index (χ1n) is 4.95. The van der Waals surface area contributed by atoms with Gasteiger partial charge >= 0.3 is 5.97 Å². The average Bonchev–Trinajstić information content (AvgIpc) is 2.46. The first-order chi connectivity index (χ1) is 6.91. The molecule has 1 aliphatic rings. The molecule has 1 unspecified atom stereocenters. The third-order valence-corrected chi connectivity index (χ3v) is 2.33. The Labute approximate surface area is 88.1 Å². The van der Waals surface area contributed by atoms with Crippen LogP contribution in [-0.4, -0.2) is 40.3 Å². The lowest BCUT2D eigenvalue weighted by Crippen LogP contribution is -2.40. The molecule has 1 atom stereocenters. The zero-order valence-electron chi connectivity index (χ0n) is 8.90. The van der Waals surface area contributed by atoms with Gasteiger partial charge in [-0.05, 0) is 5.92 Å². The lowest BCUT2D eigenvalue weighted by Gasteiger charge is -2.21. The summed E-state index contributed by atoms with van der Waals surface area (Å²) < 4.78 is 0. The van der Waals surface area contributed by atoms with E-state index in [-0.39, 0.29) is 37.0 Å². The normalized spacial score (nSPS) is 21.1. The summed E-state index contributed by atoms with van der Waals surface area (Å²) in [4.78, 5) is 34.7. The topological polar surface area (TPSA) is 74.7 Å². The van der Waals surface area contributed by atoms with Gasteiger partial charge in [-0.3, -0.25) is 9.59 Å². The molecule has 0 spiro atoms. The zero-order valence-corrected chi connectivity index (χ0v) is 8.90. The highest BCUT2D eigenvalue weighted by Gasteiger charge is 2.38. The summed E-state index contributed by atoms with van der Waals surface area (Å²) in [5.74, 6) is -1.36. The van der Waals surface area contributed by atoms with Gasteiger partial charge in [0.2, 0.25) is 5.91 Å². The summed E-state index contributed by atoms with van der Waals surface area (Å²) in [6.45, 7) is 3.71. The summed E-state index contributed by atoms with van der Waals surface area (Å²) >= 11 is 0. The summed E-state index contributed by atoms with van der Waals surface area (Å²) in [6, 6.07) is -0.955. The van der Waals surface area contributed by atoms with Gasteiger partial charge in [-0.2, -0.15) is 0 Å². The predicted molar refractivity (Wildman–Crippen MR) is 52.2 cm³/mol. The maximum Gasteiger partial charge on any atom is 0.326 e. The van der Waals surface area contributed by atoms with Crippen LogP contribution in [0.15, 0.2) is 0 Å². The maximum atomic E-state index is 11.6. The molecule has 0 bridgehead atoms. The van der Waals surface area contributed by atoms with Crippen LogP contribution in [0.4, 0.5) is 0 Å². The number of hydrogen-bond donors (Lipinski definition) is 1. The number of aliphatic carboxylic acids is 1. The quantitative estimate of drug-likeness (QED) is 0.731. The molecule has 0 radical (unpaired) electrons. The third kappa shape index (κ3) is 2.78. The first kappa shape index (κ1) is 11.7. The third-order valence-electron chi connectivity index (χ3n) is 2.33. The largest absolute Gasteiger partial charge is 0.480 e. The molecule has 1 saturated heterocycles. The lowest BCUT2D eigenvalue weighted by molar-refractivity contribution is -0.148. The van der Waals surface area contributed by atoms with Gasteiger partial charge in [0.25, 0.3) is 0 Å². The number of amides is 1. The molecule has 5 nitrogen and oxygen atoms in total. The molecule has 1 rings (SSSR count). The van der Waals surface area contributed by atoms with Crippen molar-refractivity contribution < 1.29 is 19.5 Å². The fourth-order valence-electron chi connectivity index (χ4n) is 1.64.